The first kappa shape index (κ1) is 25.2. The fourth-order valence-corrected chi connectivity index (χ4v) is 3.78. The highest BCUT2D eigenvalue weighted by molar-refractivity contribution is 5.78. The van der Waals surface area contributed by atoms with Gasteiger partial charge in [-0.25, -0.2) is 4.98 Å². The van der Waals surface area contributed by atoms with E-state index >= 15 is 0 Å². The van der Waals surface area contributed by atoms with Crippen molar-refractivity contribution in [3.63, 3.8) is 0 Å². The number of aliphatic hydroxyl groups excluding tert-OH is 1. The van der Waals surface area contributed by atoms with E-state index in [0.717, 1.165) is 28.7 Å². The number of carbonyl (C=O) groups is 1. The van der Waals surface area contributed by atoms with Crippen LogP contribution in [0.5, 0.6) is 5.75 Å². The molecule has 2 aromatic carbocycles. The van der Waals surface area contributed by atoms with Crippen molar-refractivity contribution in [2.75, 3.05) is 18.8 Å². The number of hydrogen-bond donors (Lipinski definition) is 5. The first-order valence-corrected chi connectivity index (χ1v) is 11.5. The number of phenolic OH excluding ortho intramolecular Hbond substituents is 1. The number of carbonyl (C=O) groups excluding carboxylic acids is 1. The van der Waals surface area contributed by atoms with Crippen molar-refractivity contribution in [3.8, 4) is 5.75 Å². The molecule has 0 spiro atoms. The Morgan fingerprint density at radius 3 is 2.50 bits per heavy atom. The number of aliphatic hydroxyl groups is 1. The van der Waals surface area contributed by atoms with E-state index < -0.39 is 6.10 Å². The van der Waals surface area contributed by atoms with E-state index in [0.29, 0.717) is 31.7 Å². The normalized spacial score (nSPS) is 12.3. The molecule has 3 aromatic rings. The molecule has 1 amide bonds. The van der Waals surface area contributed by atoms with E-state index in [-0.39, 0.29) is 17.2 Å². The van der Waals surface area contributed by atoms with Crippen LogP contribution in [0.25, 0.3) is 0 Å². The third kappa shape index (κ3) is 8.17. The fraction of sp³-hybridized carbons (Fsp3) is 0.333. The number of phenols is 1. The summed E-state index contributed by atoms with van der Waals surface area (Å²) in [5.41, 5.74) is 9.22. The Hall–Kier alpha value is -3.42. The zero-order valence-corrected chi connectivity index (χ0v) is 19.8. The Morgan fingerprint density at radius 2 is 1.79 bits per heavy atom. The molecule has 1 heterocycles. The van der Waals surface area contributed by atoms with Gasteiger partial charge in [-0.2, -0.15) is 0 Å². The number of β-amino-alcohol motifs (C(OH)–C–C–N with tert-alkyl or cyclic N) is 1. The molecule has 0 radical (unpaired) electrons. The molecule has 0 bridgehead atoms. The molecule has 1 aromatic heterocycles. The van der Waals surface area contributed by atoms with Gasteiger partial charge >= 0.3 is 0 Å². The highest BCUT2D eigenvalue weighted by Gasteiger charge is 2.20. The number of nitrogens with one attached hydrogen (secondary N) is 2. The van der Waals surface area contributed by atoms with Crippen LogP contribution < -0.4 is 16.4 Å². The van der Waals surface area contributed by atoms with Gasteiger partial charge in [-0.1, -0.05) is 42.5 Å². The topological polar surface area (TPSA) is 120 Å². The number of pyridine rings is 1. The molecule has 0 aliphatic rings. The molecule has 0 saturated heterocycles. The fourth-order valence-electron chi connectivity index (χ4n) is 3.78. The average molecular weight is 463 g/mol. The van der Waals surface area contributed by atoms with E-state index in [1.807, 2.05) is 24.3 Å². The Morgan fingerprint density at radius 1 is 1.06 bits per heavy atom. The third-order valence-electron chi connectivity index (χ3n) is 5.64. The summed E-state index contributed by atoms with van der Waals surface area (Å²) in [4.78, 5) is 16.4. The molecule has 7 heteroatoms. The van der Waals surface area contributed by atoms with Crippen LogP contribution in [0.1, 0.15) is 42.2 Å². The minimum atomic E-state index is -0.677. The van der Waals surface area contributed by atoms with Crippen molar-refractivity contribution in [2.45, 2.75) is 44.8 Å². The van der Waals surface area contributed by atoms with Gasteiger partial charge in [-0.15, -0.1) is 0 Å². The molecule has 0 fully saturated rings. The minimum Gasteiger partial charge on any atom is -0.508 e. The maximum atomic E-state index is 12.4. The number of rotatable bonds is 11. The first-order valence-electron chi connectivity index (χ1n) is 11.5. The number of aromatic hydroxyl groups is 1. The lowest BCUT2D eigenvalue weighted by Gasteiger charge is -2.28. The molecule has 7 nitrogen and oxygen atoms in total. The van der Waals surface area contributed by atoms with Crippen molar-refractivity contribution in [1.29, 1.82) is 0 Å². The van der Waals surface area contributed by atoms with Crippen LogP contribution in [-0.4, -0.2) is 39.7 Å². The van der Waals surface area contributed by atoms with Crippen LogP contribution in [0, 0.1) is 0 Å². The van der Waals surface area contributed by atoms with Gasteiger partial charge in [-0.05, 0) is 61.6 Å². The summed E-state index contributed by atoms with van der Waals surface area (Å²) in [6, 6.07) is 18.5. The van der Waals surface area contributed by atoms with Crippen LogP contribution in [0.3, 0.4) is 0 Å². The smallest absolute Gasteiger partial charge is 0.224 e. The van der Waals surface area contributed by atoms with Gasteiger partial charge in [0, 0.05) is 30.4 Å². The average Bonchev–Trinajstić information content (AvgIpc) is 2.79. The van der Waals surface area contributed by atoms with Crippen LogP contribution >= 0.6 is 0 Å². The Balaban J connectivity index is 1.47. The van der Waals surface area contributed by atoms with E-state index in [9.17, 15) is 15.0 Å². The van der Waals surface area contributed by atoms with Gasteiger partial charge in [0.15, 0.2) is 0 Å². The number of nitrogens with zero attached hydrogens (tertiary/aromatic N) is 1. The third-order valence-corrected chi connectivity index (χ3v) is 5.64. The summed E-state index contributed by atoms with van der Waals surface area (Å²) in [5.74, 6) is 0.644. The SMILES string of the molecule is CC(C)(Cc1cccc(CC(=O)NCCc2ccc(O)cc2)c1)NC[C@H](O)c1ccc(N)nc1. The van der Waals surface area contributed by atoms with Gasteiger partial charge in [-0.3, -0.25) is 4.79 Å². The largest absolute Gasteiger partial charge is 0.508 e. The van der Waals surface area contributed by atoms with Gasteiger partial charge in [0.1, 0.15) is 11.6 Å². The van der Waals surface area contributed by atoms with Crippen molar-refractivity contribution in [3.05, 3.63) is 89.1 Å². The quantitative estimate of drug-likeness (QED) is 0.299. The second-order valence-corrected chi connectivity index (χ2v) is 9.24. The summed E-state index contributed by atoms with van der Waals surface area (Å²) in [6.07, 6.45) is 2.69. The lowest BCUT2D eigenvalue weighted by molar-refractivity contribution is -0.120. The molecule has 1 atom stereocenters. The predicted molar refractivity (Wildman–Crippen MR) is 134 cm³/mol. The number of nitrogen functional groups attached to an aromatic ring is 1. The zero-order valence-electron chi connectivity index (χ0n) is 19.8. The number of hydrogen-bond acceptors (Lipinski definition) is 6. The monoisotopic (exact) mass is 462 g/mol. The second-order valence-electron chi connectivity index (χ2n) is 9.24. The van der Waals surface area contributed by atoms with Crippen molar-refractivity contribution in [1.82, 2.24) is 15.6 Å². The van der Waals surface area contributed by atoms with Gasteiger partial charge in [0.2, 0.25) is 5.91 Å². The van der Waals surface area contributed by atoms with Gasteiger partial charge < -0.3 is 26.6 Å². The highest BCUT2D eigenvalue weighted by atomic mass is 16.3. The van der Waals surface area contributed by atoms with Crippen molar-refractivity contribution < 1.29 is 15.0 Å². The Kier molecular flexibility index (Phi) is 8.62. The number of nitrogens with two attached hydrogens (primary N) is 1. The summed E-state index contributed by atoms with van der Waals surface area (Å²) >= 11 is 0. The second kappa shape index (κ2) is 11.6. The van der Waals surface area contributed by atoms with Crippen molar-refractivity contribution in [2.24, 2.45) is 0 Å². The molecule has 0 unspecified atom stereocenters. The summed E-state index contributed by atoms with van der Waals surface area (Å²) in [7, 11) is 0. The van der Waals surface area contributed by atoms with Crippen LogP contribution in [0.2, 0.25) is 0 Å². The summed E-state index contributed by atoms with van der Waals surface area (Å²) in [5, 5.41) is 26.2. The van der Waals surface area contributed by atoms with Crippen LogP contribution in [0.4, 0.5) is 5.82 Å². The number of aromatic nitrogens is 1. The predicted octanol–water partition coefficient (Wildman–Crippen LogP) is 2.92. The van der Waals surface area contributed by atoms with Crippen molar-refractivity contribution >= 4 is 11.7 Å². The van der Waals surface area contributed by atoms with Crippen LogP contribution in [-0.2, 0) is 24.1 Å². The molecule has 6 N–H and O–H groups in total. The number of benzene rings is 2. The molecule has 0 aliphatic heterocycles. The maximum absolute atomic E-state index is 12.4. The van der Waals surface area contributed by atoms with E-state index in [2.05, 4.69) is 41.6 Å². The highest BCUT2D eigenvalue weighted by Crippen LogP contribution is 2.18. The molecule has 0 aliphatic carbocycles. The lowest BCUT2D eigenvalue weighted by Crippen LogP contribution is -2.43. The standard InChI is InChI=1S/C27H34N4O3/c1-27(2,31-18-24(33)22-8-11-25(28)30-17-22)16-21-5-3-4-20(14-21)15-26(34)29-13-12-19-6-9-23(32)10-7-19/h3-11,14,17,24,31-33H,12-13,15-16,18H2,1-2H3,(H2,28,30)(H,29,34)/t24-/m0/s1. The van der Waals surface area contributed by atoms with E-state index in [1.165, 1.54) is 0 Å². The molecule has 180 valence electrons. The Labute approximate surface area is 201 Å². The maximum Gasteiger partial charge on any atom is 0.224 e. The minimum absolute atomic E-state index is 0.0199. The van der Waals surface area contributed by atoms with Crippen LogP contribution in [0.15, 0.2) is 66.9 Å². The van der Waals surface area contributed by atoms with E-state index in [1.54, 1.807) is 30.5 Å². The van der Waals surface area contributed by atoms with Gasteiger partial charge in [0.05, 0.1) is 12.5 Å². The number of amides is 1. The Bertz CT molecular complexity index is 1070. The summed E-state index contributed by atoms with van der Waals surface area (Å²) in [6.45, 7) is 5.11. The zero-order chi connectivity index (χ0) is 24.6. The van der Waals surface area contributed by atoms with Gasteiger partial charge in [0.25, 0.3) is 0 Å². The number of anilines is 1. The molecular weight excluding hydrogens is 428 g/mol. The van der Waals surface area contributed by atoms with E-state index in [4.69, 9.17) is 5.73 Å². The molecular formula is C27H34N4O3. The molecule has 0 saturated carbocycles. The molecule has 34 heavy (non-hydrogen) atoms. The molecule has 3 rings (SSSR count). The summed E-state index contributed by atoms with van der Waals surface area (Å²) < 4.78 is 0. The lowest BCUT2D eigenvalue weighted by atomic mass is 9.93. The first-order chi connectivity index (χ1) is 16.2.